The Hall–Kier alpha value is -0.0800. The first-order valence-electron chi connectivity index (χ1n) is 8.49. The molecule has 2 atom stereocenters. The lowest BCUT2D eigenvalue weighted by Gasteiger charge is -2.51. The molecule has 0 aromatic carbocycles. The summed E-state index contributed by atoms with van der Waals surface area (Å²) in [4.78, 5) is 2.80. The van der Waals surface area contributed by atoms with Crippen molar-refractivity contribution in [1.82, 2.24) is 4.90 Å². The fourth-order valence-corrected chi connectivity index (χ4v) is 4.56. The molecule has 0 aromatic rings. The number of likely N-dealkylation sites (tertiary alicyclic amines) is 1. The lowest BCUT2D eigenvalue weighted by molar-refractivity contribution is 0.00461. The highest BCUT2D eigenvalue weighted by Gasteiger charge is 2.44. The zero-order valence-corrected chi connectivity index (χ0v) is 13.4. The molecule has 0 aromatic heterocycles. The first-order chi connectivity index (χ1) is 9.04. The summed E-state index contributed by atoms with van der Waals surface area (Å²) in [7, 11) is 0. The van der Waals surface area contributed by atoms with Crippen LogP contribution >= 0.6 is 0 Å². The third-order valence-electron chi connectivity index (χ3n) is 5.99. The SMILES string of the molecule is CCC1CCCCC1(CN)N1CCCC(C)(C)CC1. The van der Waals surface area contributed by atoms with E-state index >= 15 is 0 Å². The summed E-state index contributed by atoms with van der Waals surface area (Å²) in [5.74, 6) is 0.826. The molecule has 1 aliphatic heterocycles. The average Bonchev–Trinajstić information content (AvgIpc) is 2.59. The second kappa shape index (κ2) is 6.13. The third kappa shape index (κ3) is 3.16. The Morgan fingerprint density at radius 2 is 1.84 bits per heavy atom. The number of rotatable bonds is 3. The van der Waals surface area contributed by atoms with Crippen LogP contribution in [0.1, 0.15) is 72.1 Å². The van der Waals surface area contributed by atoms with Gasteiger partial charge in [0.2, 0.25) is 0 Å². The normalized spacial score (nSPS) is 36.9. The highest BCUT2D eigenvalue weighted by atomic mass is 15.2. The van der Waals surface area contributed by atoms with E-state index in [-0.39, 0.29) is 0 Å². The van der Waals surface area contributed by atoms with E-state index in [0.29, 0.717) is 11.0 Å². The van der Waals surface area contributed by atoms with Crippen molar-refractivity contribution in [3.05, 3.63) is 0 Å². The van der Waals surface area contributed by atoms with Gasteiger partial charge in [-0.2, -0.15) is 0 Å². The molecule has 0 spiro atoms. The molecule has 1 heterocycles. The van der Waals surface area contributed by atoms with Crippen molar-refractivity contribution in [2.24, 2.45) is 17.1 Å². The summed E-state index contributed by atoms with van der Waals surface area (Å²) >= 11 is 0. The summed E-state index contributed by atoms with van der Waals surface area (Å²) in [5, 5.41) is 0. The highest BCUT2D eigenvalue weighted by molar-refractivity contribution is 5.00. The summed E-state index contributed by atoms with van der Waals surface area (Å²) in [5.41, 5.74) is 7.17. The molecular weight excluding hydrogens is 232 g/mol. The second-order valence-corrected chi connectivity index (χ2v) is 7.66. The number of nitrogens with zero attached hydrogens (tertiary/aromatic N) is 1. The van der Waals surface area contributed by atoms with Crippen LogP contribution in [0.4, 0.5) is 0 Å². The van der Waals surface area contributed by atoms with Crippen molar-refractivity contribution in [2.45, 2.75) is 77.7 Å². The number of hydrogen-bond donors (Lipinski definition) is 1. The molecule has 1 saturated carbocycles. The Morgan fingerprint density at radius 3 is 2.53 bits per heavy atom. The van der Waals surface area contributed by atoms with Gasteiger partial charge in [0.05, 0.1) is 0 Å². The minimum atomic E-state index is 0.327. The van der Waals surface area contributed by atoms with Crippen LogP contribution in [-0.4, -0.2) is 30.1 Å². The van der Waals surface area contributed by atoms with Crippen molar-refractivity contribution < 1.29 is 0 Å². The Kier molecular flexibility index (Phi) is 4.94. The molecule has 2 nitrogen and oxygen atoms in total. The quantitative estimate of drug-likeness (QED) is 0.842. The Morgan fingerprint density at radius 1 is 1.05 bits per heavy atom. The maximum atomic E-state index is 6.31. The molecule has 1 saturated heterocycles. The van der Waals surface area contributed by atoms with Gasteiger partial charge in [-0.1, -0.05) is 40.0 Å². The van der Waals surface area contributed by atoms with Crippen LogP contribution in [0.5, 0.6) is 0 Å². The molecule has 2 N–H and O–H groups in total. The average molecular weight is 266 g/mol. The molecule has 112 valence electrons. The molecule has 0 radical (unpaired) electrons. The van der Waals surface area contributed by atoms with Gasteiger partial charge in [-0.3, -0.25) is 4.90 Å². The van der Waals surface area contributed by atoms with Gasteiger partial charge in [0.25, 0.3) is 0 Å². The van der Waals surface area contributed by atoms with Crippen molar-refractivity contribution in [2.75, 3.05) is 19.6 Å². The van der Waals surface area contributed by atoms with E-state index < -0.39 is 0 Å². The van der Waals surface area contributed by atoms with E-state index in [2.05, 4.69) is 25.7 Å². The van der Waals surface area contributed by atoms with Crippen molar-refractivity contribution in [1.29, 1.82) is 0 Å². The minimum Gasteiger partial charge on any atom is -0.329 e. The molecule has 0 bridgehead atoms. The van der Waals surface area contributed by atoms with Crippen LogP contribution in [0.2, 0.25) is 0 Å². The van der Waals surface area contributed by atoms with E-state index in [1.165, 1.54) is 64.5 Å². The van der Waals surface area contributed by atoms with Crippen molar-refractivity contribution >= 4 is 0 Å². The lowest BCUT2D eigenvalue weighted by Crippen LogP contribution is -2.60. The molecule has 2 heteroatoms. The van der Waals surface area contributed by atoms with Crippen LogP contribution in [-0.2, 0) is 0 Å². The van der Waals surface area contributed by atoms with Gasteiger partial charge in [0.1, 0.15) is 0 Å². The standard InChI is InChI=1S/C17H34N2/c1-4-15-8-5-6-10-17(15,14-18)19-12-7-9-16(2,3)11-13-19/h15H,4-14,18H2,1-3H3. The predicted molar refractivity (Wildman–Crippen MR) is 83.2 cm³/mol. The third-order valence-corrected chi connectivity index (χ3v) is 5.99. The van der Waals surface area contributed by atoms with Gasteiger partial charge in [-0.15, -0.1) is 0 Å². The van der Waals surface area contributed by atoms with E-state index in [9.17, 15) is 0 Å². The first kappa shape index (κ1) is 15.3. The maximum Gasteiger partial charge on any atom is 0.0359 e. The van der Waals surface area contributed by atoms with Gasteiger partial charge >= 0.3 is 0 Å². The van der Waals surface area contributed by atoms with Crippen LogP contribution in [0, 0.1) is 11.3 Å². The molecule has 2 fully saturated rings. The van der Waals surface area contributed by atoms with E-state index in [1.54, 1.807) is 0 Å². The summed E-state index contributed by atoms with van der Waals surface area (Å²) < 4.78 is 0. The zero-order chi connectivity index (χ0) is 13.9. The van der Waals surface area contributed by atoms with Gasteiger partial charge in [-0.25, -0.2) is 0 Å². The lowest BCUT2D eigenvalue weighted by atomic mass is 9.70. The molecule has 1 aliphatic carbocycles. The molecule has 0 amide bonds. The molecular formula is C17H34N2. The van der Waals surface area contributed by atoms with Crippen LogP contribution < -0.4 is 5.73 Å². The van der Waals surface area contributed by atoms with Gasteiger partial charge in [0.15, 0.2) is 0 Å². The van der Waals surface area contributed by atoms with E-state index in [1.807, 2.05) is 0 Å². The Bertz CT molecular complexity index is 287. The Balaban J connectivity index is 2.15. The molecule has 19 heavy (non-hydrogen) atoms. The fraction of sp³-hybridized carbons (Fsp3) is 1.00. The zero-order valence-electron chi connectivity index (χ0n) is 13.4. The van der Waals surface area contributed by atoms with Crippen molar-refractivity contribution in [3.63, 3.8) is 0 Å². The summed E-state index contributed by atoms with van der Waals surface area (Å²) in [6.45, 7) is 10.6. The van der Waals surface area contributed by atoms with E-state index in [4.69, 9.17) is 5.73 Å². The van der Waals surface area contributed by atoms with E-state index in [0.717, 1.165) is 12.5 Å². The number of nitrogens with two attached hydrogens (primary N) is 1. The largest absolute Gasteiger partial charge is 0.329 e. The summed E-state index contributed by atoms with van der Waals surface area (Å²) in [6.07, 6.45) is 10.9. The van der Waals surface area contributed by atoms with Gasteiger partial charge in [-0.05, 0) is 56.5 Å². The van der Waals surface area contributed by atoms with Crippen LogP contribution in [0.3, 0.4) is 0 Å². The molecule has 2 rings (SSSR count). The smallest absolute Gasteiger partial charge is 0.0359 e. The van der Waals surface area contributed by atoms with Gasteiger partial charge in [0, 0.05) is 12.1 Å². The van der Waals surface area contributed by atoms with Crippen LogP contribution in [0.25, 0.3) is 0 Å². The Labute approximate surface area is 120 Å². The van der Waals surface area contributed by atoms with Gasteiger partial charge < -0.3 is 5.73 Å². The van der Waals surface area contributed by atoms with Crippen LogP contribution in [0.15, 0.2) is 0 Å². The fourth-order valence-electron chi connectivity index (χ4n) is 4.56. The highest BCUT2D eigenvalue weighted by Crippen LogP contribution is 2.42. The molecule has 2 unspecified atom stereocenters. The minimum absolute atomic E-state index is 0.327. The number of hydrogen-bond acceptors (Lipinski definition) is 2. The second-order valence-electron chi connectivity index (χ2n) is 7.66. The van der Waals surface area contributed by atoms with Crippen molar-refractivity contribution in [3.8, 4) is 0 Å². The topological polar surface area (TPSA) is 29.3 Å². The molecule has 2 aliphatic rings. The monoisotopic (exact) mass is 266 g/mol. The first-order valence-corrected chi connectivity index (χ1v) is 8.49. The predicted octanol–water partition coefficient (Wildman–Crippen LogP) is 3.80. The maximum absolute atomic E-state index is 6.31. The summed E-state index contributed by atoms with van der Waals surface area (Å²) in [6, 6.07) is 0.